The monoisotopic (exact) mass is 221 g/mol. The molecule has 0 bridgehead atoms. The van der Waals surface area contributed by atoms with Gasteiger partial charge in [-0.15, -0.1) is 0 Å². The van der Waals surface area contributed by atoms with Crippen molar-refractivity contribution in [1.82, 2.24) is 9.88 Å². The van der Waals surface area contributed by atoms with E-state index in [9.17, 15) is 0 Å². The zero-order chi connectivity index (χ0) is 11.4. The molecular formula is C12H19N3O. The van der Waals surface area contributed by atoms with E-state index in [2.05, 4.69) is 16.9 Å². The van der Waals surface area contributed by atoms with Crippen LogP contribution in [0.15, 0.2) is 18.3 Å². The average molecular weight is 221 g/mol. The Balaban J connectivity index is 1.81. The maximum absolute atomic E-state index is 5.60. The molecule has 0 saturated carbocycles. The first-order valence-electron chi connectivity index (χ1n) is 5.74. The molecule has 0 amide bonds. The summed E-state index contributed by atoms with van der Waals surface area (Å²) in [6, 6.07) is 3.86. The number of nitrogen functional groups attached to an aromatic ring is 1. The van der Waals surface area contributed by atoms with E-state index in [1.54, 1.807) is 6.20 Å². The molecular weight excluding hydrogens is 202 g/mol. The third-order valence-corrected chi connectivity index (χ3v) is 2.82. The molecule has 4 heteroatoms. The van der Waals surface area contributed by atoms with Crippen LogP contribution < -0.4 is 5.73 Å². The maximum Gasteiger partial charge on any atom is 0.0702 e. The highest BCUT2D eigenvalue weighted by atomic mass is 16.5. The number of pyridine rings is 1. The summed E-state index contributed by atoms with van der Waals surface area (Å²) < 4.78 is 5.60. The van der Waals surface area contributed by atoms with Gasteiger partial charge in [0.05, 0.1) is 23.7 Å². The van der Waals surface area contributed by atoms with Crippen molar-refractivity contribution in [2.45, 2.75) is 25.5 Å². The minimum Gasteiger partial charge on any atom is -0.397 e. The molecule has 1 saturated heterocycles. The lowest BCUT2D eigenvalue weighted by atomic mass is 10.2. The van der Waals surface area contributed by atoms with Gasteiger partial charge in [0.15, 0.2) is 0 Å². The Morgan fingerprint density at radius 3 is 3.06 bits per heavy atom. The van der Waals surface area contributed by atoms with E-state index in [0.717, 1.165) is 25.4 Å². The molecule has 0 aromatic carbocycles. The molecule has 88 valence electrons. The Morgan fingerprint density at radius 2 is 2.44 bits per heavy atom. The molecule has 1 unspecified atom stereocenters. The topological polar surface area (TPSA) is 51.4 Å². The zero-order valence-electron chi connectivity index (χ0n) is 9.72. The minimum atomic E-state index is 0.402. The Labute approximate surface area is 96.4 Å². The SMILES string of the molecule is CN(Cc1ccc(N)cn1)CC1CCCO1. The van der Waals surface area contributed by atoms with Crippen LogP contribution in [0.3, 0.4) is 0 Å². The van der Waals surface area contributed by atoms with Gasteiger partial charge in [-0.1, -0.05) is 0 Å². The molecule has 0 spiro atoms. The fourth-order valence-electron chi connectivity index (χ4n) is 2.01. The second kappa shape index (κ2) is 5.27. The predicted octanol–water partition coefficient (Wildman–Crippen LogP) is 1.27. The summed E-state index contributed by atoms with van der Waals surface area (Å²) in [7, 11) is 2.10. The van der Waals surface area contributed by atoms with Gasteiger partial charge in [-0.2, -0.15) is 0 Å². The van der Waals surface area contributed by atoms with Gasteiger partial charge in [0.1, 0.15) is 0 Å². The van der Waals surface area contributed by atoms with Crippen molar-refractivity contribution in [1.29, 1.82) is 0 Å². The van der Waals surface area contributed by atoms with Gasteiger partial charge in [-0.05, 0) is 32.0 Å². The predicted molar refractivity (Wildman–Crippen MR) is 64.0 cm³/mol. The number of anilines is 1. The Bertz CT molecular complexity index is 320. The number of rotatable bonds is 4. The van der Waals surface area contributed by atoms with Crippen LogP contribution in [0.5, 0.6) is 0 Å². The fraction of sp³-hybridized carbons (Fsp3) is 0.583. The number of nitrogens with two attached hydrogens (primary N) is 1. The molecule has 1 atom stereocenters. The van der Waals surface area contributed by atoms with Crippen molar-refractivity contribution < 1.29 is 4.74 Å². The zero-order valence-corrected chi connectivity index (χ0v) is 9.72. The van der Waals surface area contributed by atoms with Crippen molar-refractivity contribution >= 4 is 5.69 Å². The molecule has 1 fully saturated rings. The first-order valence-corrected chi connectivity index (χ1v) is 5.74. The second-order valence-corrected chi connectivity index (χ2v) is 4.41. The van der Waals surface area contributed by atoms with Crippen molar-refractivity contribution in [3.63, 3.8) is 0 Å². The van der Waals surface area contributed by atoms with Crippen LogP contribution in [0.4, 0.5) is 5.69 Å². The number of hydrogen-bond acceptors (Lipinski definition) is 4. The lowest BCUT2D eigenvalue weighted by molar-refractivity contribution is 0.0790. The van der Waals surface area contributed by atoms with E-state index >= 15 is 0 Å². The molecule has 0 radical (unpaired) electrons. The van der Waals surface area contributed by atoms with Crippen LogP contribution in [0.1, 0.15) is 18.5 Å². The Kier molecular flexibility index (Phi) is 3.74. The Morgan fingerprint density at radius 1 is 1.56 bits per heavy atom. The second-order valence-electron chi connectivity index (χ2n) is 4.41. The first kappa shape index (κ1) is 11.4. The summed E-state index contributed by atoms with van der Waals surface area (Å²) in [6.07, 6.45) is 4.48. The smallest absolute Gasteiger partial charge is 0.0702 e. The third kappa shape index (κ3) is 3.18. The Hall–Kier alpha value is -1.13. The first-order chi connectivity index (χ1) is 7.74. The van der Waals surface area contributed by atoms with E-state index < -0.39 is 0 Å². The van der Waals surface area contributed by atoms with E-state index in [-0.39, 0.29) is 0 Å². The molecule has 1 aliphatic rings. The van der Waals surface area contributed by atoms with Crippen molar-refractivity contribution in [3.8, 4) is 0 Å². The fourth-order valence-corrected chi connectivity index (χ4v) is 2.01. The van der Waals surface area contributed by atoms with Gasteiger partial charge >= 0.3 is 0 Å². The number of ether oxygens (including phenoxy) is 1. The molecule has 0 aliphatic carbocycles. The maximum atomic E-state index is 5.60. The molecule has 2 rings (SSSR count). The highest BCUT2D eigenvalue weighted by Crippen LogP contribution is 2.13. The number of hydrogen-bond donors (Lipinski definition) is 1. The summed E-state index contributed by atoms with van der Waals surface area (Å²) in [5, 5.41) is 0. The van der Waals surface area contributed by atoms with Crippen molar-refractivity contribution in [3.05, 3.63) is 24.0 Å². The summed E-state index contributed by atoms with van der Waals surface area (Å²) in [4.78, 5) is 6.53. The van der Waals surface area contributed by atoms with Crippen LogP contribution in [0, 0.1) is 0 Å². The van der Waals surface area contributed by atoms with E-state index in [0.29, 0.717) is 11.8 Å². The van der Waals surface area contributed by atoms with Gasteiger partial charge in [-0.25, -0.2) is 0 Å². The van der Waals surface area contributed by atoms with Gasteiger partial charge in [0.25, 0.3) is 0 Å². The number of aromatic nitrogens is 1. The highest BCUT2D eigenvalue weighted by molar-refractivity contribution is 5.34. The normalized spacial score (nSPS) is 20.5. The molecule has 1 aromatic heterocycles. The highest BCUT2D eigenvalue weighted by Gasteiger charge is 2.17. The van der Waals surface area contributed by atoms with E-state index in [1.165, 1.54) is 12.8 Å². The number of nitrogens with zero attached hydrogens (tertiary/aromatic N) is 2. The van der Waals surface area contributed by atoms with Crippen LogP contribution in [-0.4, -0.2) is 36.2 Å². The van der Waals surface area contributed by atoms with Crippen molar-refractivity contribution in [2.24, 2.45) is 0 Å². The third-order valence-electron chi connectivity index (χ3n) is 2.82. The summed E-state index contributed by atoms with van der Waals surface area (Å²) in [5.74, 6) is 0. The van der Waals surface area contributed by atoms with E-state index in [1.807, 2.05) is 12.1 Å². The van der Waals surface area contributed by atoms with Gasteiger partial charge in [0, 0.05) is 19.7 Å². The van der Waals surface area contributed by atoms with Crippen molar-refractivity contribution in [2.75, 3.05) is 25.9 Å². The molecule has 16 heavy (non-hydrogen) atoms. The van der Waals surface area contributed by atoms with Gasteiger partial charge in [-0.3, -0.25) is 9.88 Å². The lowest BCUT2D eigenvalue weighted by Crippen LogP contribution is -2.28. The summed E-state index contributed by atoms with van der Waals surface area (Å²) >= 11 is 0. The summed E-state index contributed by atoms with van der Waals surface area (Å²) in [6.45, 7) is 2.74. The van der Waals surface area contributed by atoms with E-state index in [4.69, 9.17) is 10.5 Å². The lowest BCUT2D eigenvalue weighted by Gasteiger charge is -2.19. The van der Waals surface area contributed by atoms with Crippen LogP contribution >= 0.6 is 0 Å². The molecule has 2 heterocycles. The average Bonchev–Trinajstić information content (AvgIpc) is 2.74. The standard InChI is InChI=1S/C12H19N3O/c1-15(9-12-3-2-6-16-12)8-11-5-4-10(13)7-14-11/h4-5,7,12H,2-3,6,8-9,13H2,1H3. The summed E-state index contributed by atoms with van der Waals surface area (Å²) in [5.41, 5.74) is 7.36. The number of likely N-dealkylation sites (N-methyl/N-ethyl adjacent to an activating group) is 1. The van der Waals surface area contributed by atoms with Gasteiger partial charge < -0.3 is 10.5 Å². The largest absolute Gasteiger partial charge is 0.397 e. The van der Waals surface area contributed by atoms with Gasteiger partial charge in [0.2, 0.25) is 0 Å². The minimum absolute atomic E-state index is 0.402. The van der Waals surface area contributed by atoms with Crippen LogP contribution in [-0.2, 0) is 11.3 Å². The molecule has 2 N–H and O–H groups in total. The van der Waals surface area contributed by atoms with Crippen LogP contribution in [0.25, 0.3) is 0 Å². The van der Waals surface area contributed by atoms with Crippen LogP contribution in [0.2, 0.25) is 0 Å². The molecule has 1 aromatic rings. The quantitative estimate of drug-likeness (QED) is 0.832. The molecule has 4 nitrogen and oxygen atoms in total. The molecule has 1 aliphatic heterocycles.